The van der Waals surface area contributed by atoms with Crippen molar-refractivity contribution in [2.24, 2.45) is 5.92 Å². The van der Waals surface area contributed by atoms with E-state index in [4.69, 9.17) is 16.4 Å². The van der Waals surface area contributed by atoms with E-state index in [0.717, 1.165) is 15.1 Å². The number of hydroxylamine groups is 1. The zero-order valence-electron chi connectivity index (χ0n) is 8.89. The van der Waals surface area contributed by atoms with Gasteiger partial charge in [-0.15, -0.1) is 0 Å². The van der Waals surface area contributed by atoms with E-state index >= 15 is 0 Å². The molecule has 0 radical (unpaired) electrons. The van der Waals surface area contributed by atoms with Crippen LogP contribution in [0.2, 0.25) is 5.02 Å². The second-order valence-electron chi connectivity index (χ2n) is 3.76. The number of benzene rings is 1. The molecule has 0 unspecified atom stereocenters. The van der Waals surface area contributed by atoms with E-state index in [0.29, 0.717) is 19.1 Å². The molecule has 0 atom stereocenters. The first kappa shape index (κ1) is 13.0. The van der Waals surface area contributed by atoms with Crippen LogP contribution in [0.15, 0.2) is 22.7 Å². The maximum atomic E-state index is 6.02. The summed E-state index contributed by atoms with van der Waals surface area (Å²) in [7, 11) is 0. The van der Waals surface area contributed by atoms with E-state index in [2.05, 4.69) is 35.3 Å². The van der Waals surface area contributed by atoms with Crippen LogP contribution in [0.4, 0.5) is 0 Å². The van der Waals surface area contributed by atoms with Crippen LogP contribution in [0.25, 0.3) is 0 Å². The van der Waals surface area contributed by atoms with Gasteiger partial charge in [0.2, 0.25) is 0 Å². The number of halogens is 2. The number of nitrogens with one attached hydrogen (secondary N) is 1. The van der Waals surface area contributed by atoms with Crippen molar-refractivity contribution in [2.75, 3.05) is 6.61 Å². The molecule has 0 fully saturated rings. The summed E-state index contributed by atoms with van der Waals surface area (Å²) in [5.74, 6) is 0.524. The fraction of sp³-hybridized carbons (Fsp3) is 0.455. The molecule has 0 spiro atoms. The van der Waals surface area contributed by atoms with Crippen LogP contribution in [-0.4, -0.2) is 6.61 Å². The van der Waals surface area contributed by atoms with Gasteiger partial charge in [0.15, 0.2) is 0 Å². The molecule has 2 nitrogen and oxygen atoms in total. The van der Waals surface area contributed by atoms with Crippen LogP contribution >= 0.6 is 27.5 Å². The van der Waals surface area contributed by atoms with Crippen LogP contribution in [0, 0.1) is 5.92 Å². The highest BCUT2D eigenvalue weighted by Gasteiger charge is 2.01. The van der Waals surface area contributed by atoms with E-state index in [1.807, 2.05) is 18.2 Å². The molecule has 1 aromatic carbocycles. The summed E-state index contributed by atoms with van der Waals surface area (Å²) in [5.41, 5.74) is 3.92. The first-order chi connectivity index (χ1) is 7.09. The van der Waals surface area contributed by atoms with Gasteiger partial charge in [0.05, 0.1) is 6.61 Å². The Morgan fingerprint density at radius 1 is 1.47 bits per heavy atom. The average molecular weight is 293 g/mol. The molecule has 0 aromatic heterocycles. The van der Waals surface area contributed by atoms with E-state index in [-0.39, 0.29) is 0 Å². The van der Waals surface area contributed by atoms with Gasteiger partial charge >= 0.3 is 0 Å². The average Bonchev–Trinajstić information content (AvgIpc) is 2.17. The van der Waals surface area contributed by atoms with Gasteiger partial charge in [-0.05, 0) is 29.7 Å². The number of hydrogen-bond acceptors (Lipinski definition) is 2. The molecule has 1 rings (SSSR count). The molecule has 0 bridgehead atoms. The van der Waals surface area contributed by atoms with Gasteiger partial charge in [-0.3, -0.25) is 0 Å². The van der Waals surface area contributed by atoms with Gasteiger partial charge in [0, 0.05) is 16.0 Å². The van der Waals surface area contributed by atoms with Gasteiger partial charge in [-0.1, -0.05) is 41.4 Å². The Kier molecular flexibility index (Phi) is 5.61. The molecule has 0 saturated carbocycles. The summed E-state index contributed by atoms with van der Waals surface area (Å²) in [6, 6.07) is 5.76. The van der Waals surface area contributed by atoms with Gasteiger partial charge < -0.3 is 4.84 Å². The normalized spacial score (nSPS) is 11.0. The molecule has 0 aliphatic heterocycles. The summed E-state index contributed by atoms with van der Waals surface area (Å²) in [6.07, 6.45) is 0. The molecule has 0 aliphatic rings. The summed E-state index contributed by atoms with van der Waals surface area (Å²) < 4.78 is 1.02. The minimum atomic E-state index is 0.524. The second-order valence-corrected chi connectivity index (χ2v) is 5.08. The van der Waals surface area contributed by atoms with Crippen molar-refractivity contribution in [3.63, 3.8) is 0 Å². The molecular formula is C11H15BrClNO. The van der Waals surface area contributed by atoms with Crippen molar-refractivity contribution >= 4 is 27.5 Å². The monoisotopic (exact) mass is 291 g/mol. The molecular weight excluding hydrogens is 277 g/mol. The third kappa shape index (κ3) is 4.98. The zero-order chi connectivity index (χ0) is 11.3. The largest absolute Gasteiger partial charge is 0.301 e. The van der Waals surface area contributed by atoms with Crippen LogP contribution in [0.1, 0.15) is 19.4 Å². The summed E-state index contributed by atoms with van der Waals surface area (Å²) >= 11 is 9.42. The number of rotatable bonds is 5. The fourth-order valence-corrected chi connectivity index (χ4v) is 1.63. The molecule has 4 heteroatoms. The van der Waals surface area contributed by atoms with Gasteiger partial charge in [-0.25, -0.2) is 0 Å². The van der Waals surface area contributed by atoms with Crippen molar-refractivity contribution in [3.8, 4) is 0 Å². The Hall–Kier alpha value is -0.0900. The van der Waals surface area contributed by atoms with Gasteiger partial charge in [0.25, 0.3) is 0 Å². The van der Waals surface area contributed by atoms with Crippen molar-refractivity contribution in [1.82, 2.24) is 5.48 Å². The van der Waals surface area contributed by atoms with Crippen LogP contribution in [-0.2, 0) is 11.4 Å². The molecule has 0 aliphatic carbocycles. The van der Waals surface area contributed by atoms with Crippen LogP contribution in [0.3, 0.4) is 0 Å². The lowest BCUT2D eigenvalue weighted by Gasteiger charge is -2.09. The maximum Gasteiger partial charge on any atom is 0.0705 e. The predicted octanol–water partition coefficient (Wildman–Crippen LogP) is 3.78. The Labute approximate surface area is 104 Å². The number of hydrogen-bond donors (Lipinski definition) is 1. The SMILES string of the molecule is CC(C)CONCc1cc(Br)ccc1Cl. The zero-order valence-corrected chi connectivity index (χ0v) is 11.2. The van der Waals surface area contributed by atoms with Gasteiger partial charge in [-0.2, -0.15) is 5.48 Å². The first-order valence-corrected chi connectivity index (χ1v) is 6.05. The maximum absolute atomic E-state index is 6.02. The Morgan fingerprint density at radius 3 is 2.87 bits per heavy atom. The van der Waals surface area contributed by atoms with E-state index < -0.39 is 0 Å². The fourth-order valence-electron chi connectivity index (χ4n) is 1.03. The highest BCUT2D eigenvalue weighted by molar-refractivity contribution is 9.10. The van der Waals surface area contributed by atoms with E-state index in [1.54, 1.807) is 0 Å². The third-order valence-corrected chi connectivity index (χ3v) is 2.65. The lowest BCUT2D eigenvalue weighted by molar-refractivity contribution is 0.0196. The highest BCUT2D eigenvalue weighted by atomic mass is 79.9. The first-order valence-electron chi connectivity index (χ1n) is 4.88. The quantitative estimate of drug-likeness (QED) is 0.659. The van der Waals surface area contributed by atoms with Crippen molar-refractivity contribution < 1.29 is 4.84 Å². The second kappa shape index (κ2) is 6.48. The minimum absolute atomic E-state index is 0.524. The smallest absolute Gasteiger partial charge is 0.0705 e. The Morgan fingerprint density at radius 2 is 2.20 bits per heavy atom. The lowest BCUT2D eigenvalue weighted by atomic mass is 10.2. The van der Waals surface area contributed by atoms with Gasteiger partial charge in [0.1, 0.15) is 0 Å². The summed E-state index contributed by atoms with van der Waals surface area (Å²) in [4.78, 5) is 5.27. The highest BCUT2D eigenvalue weighted by Crippen LogP contribution is 2.20. The topological polar surface area (TPSA) is 21.3 Å². The Bertz CT molecular complexity index is 317. The van der Waals surface area contributed by atoms with Crippen molar-refractivity contribution in [2.45, 2.75) is 20.4 Å². The predicted molar refractivity (Wildman–Crippen MR) is 66.8 cm³/mol. The Balaban J connectivity index is 2.40. The molecule has 0 saturated heterocycles. The summed E-state index contributed by atoms with van der Waals surface area (Å²) in [5, 5.41) is 0.749. The molecule has 15 heavy (non-hydrogen) atoms. The van der Waals surface area contributed by atoms with E-state index in [1.165, 1.54) is 0 Å². The van der Waals surface area contributed by atoms with Crippen molar-refractivity contribution in [3.05, 3.63) is 33.3 Å². The van der Waals surface area contributed by atoms with E-state index in [9.17, 15) is 0 Å². The van der Waals surface area contributed by atoms with Crippen LogP contribution < -0.4 is 5.48 Å². The molecule has 84 valence electrons. The molecule has 0 heterocycles. The molecule has 1 N–H and O–H groups in total. The third-order valence-electron chi connectivity index (χ3n) is 1.79. The van der Waals surface area contributed by atoms with Crippen LogP contribution in [0.5, 0.6) is 0 Å². The molecule has 1 aromatic rings. The standard InChI is InChI=1S/C11H15BrClNO/c1-8(2)7-15-14-6-9-5-10(12)3-4-11(9)13/h3-5,8,14H,6-7H2,1-2H3. The lowest BCUT2D eigenvalue weighted by Crippen LogP contribution is -2.17. The molecule has 0 amide bonds. The minimum Gasteiger partial charge on any atom is -0.301 e. The summed E-state index contributed by atoms with van der Waals surface area (Å²) in [6.45, 7) is 5.53. The van der Waals surface area contributed by atoms with Crippen molar-refractivity contribution in [1.29, 1.82) is 0 Å².